The first-order chi connectivity index (χ1) is 13.2. The summed E-state index contributed by atoms with van der Waals surface area (Å²) in [7, 11) is 0. The third-order valence-corrected chi connectivity index (χ3v) is 5.99. The normalized spacial score (nSPS) is 17.6. The first-order valence-electron chi connectivity index (χ1n) is 10.2. The molecule has 0 bridgehead atoms. The molecule has 2 aliphatic rings. The van der Waals surface area contributed by atoms with Crippen molar-refractivity contribution in [3.05, 3.63) is 47.3 Å². The van der Waals surface area contributed by atoms with Gasteiger partial charge in [-0.1, -0.05) is 42.0 Å². The van der Waals surface area contributed by atoms with Crippen LogP contribution in [0.1, 0.15) is 59.9 Å². The van der Waals surface area contributed by atoms with Crippen molar-refractivity contribution in [1.82, 2.24) is 25.2 Å². The van der Waals surface area contributed by atoms with Crippen molar-refractivity contribution in [3.8, 4) is 0 Å². The zero-order valence-electron chi connectivity index (χ0n) is 16.5. The smallest absolute Gasteiger partial charge is 0.276 e. The molecule has 1 saturated heterocycles. The van der Waals surface area contributed by atoms with Gasteiger partial charge in [0.05, 0.1) is 11.7 Å². The molecule has 0 atom stereocenters. The van der Waals surface area contributed by atoms with Crippen molar-refractivity contribution in [2.75, 3.05) is 19.6 Å². The van der Waals surface area contributed by atoms with Crippen molar-refractivity contribution < 1.29 is 4.79 Å². The van der Waals surface area contributed by atoms with E-state index in [0.717, 1.165) is 43.7 Å². The summed E-state index contributed by atoms with van der Waals surface area (Å²) in [6.45, 7) is 5.42. The molecule has 2 heterocycles. The highest BCUT2D eigenvalue weighted by Crippen LogP contribution is 2.28. The number of nitrogens with one attached hydrogen (secondary N) is 1. The summed E-state index contributed by atoms with van der Waals surface area (Å²) < 4.78 is 1.97. The molecule has 1 aromatic heterocycles. The van der Waals surface area contributed by atoms with Crippen molar-refractivity contribution >= 4 is 18.3 Å². The second-order valence-corrected chi connectivity index (χ2v) is 7.92. The van der Waals surface area contributed by atoms with Crippen LogP contribution in [0.2, 0.25) is 0 Å². The predicted molar refractivity (Wildman–Crippen MR) is 112 cm³/mol. The van der Waals surface area contributed by atoms with Gasteiger partial charge in [-0.05, 0) is 57.2 Å². The van der Waals surface area contributed by atoms with E-state index in [-0.39, 0.29) is 18.3 Å². The van der Waals surface area contributed by atoms with Gasteiger partial charge in [0, 0.05) is 13.1 Å². The number of piperidine rings is 1. The fourth-order valence-electron chi connectivity index (χ4n) is 4.10. The quantitative estimate of drug-likeness (QED) is 0.803. The highest BCUT2D eigenvalue weighted by molar-refractivity contribution is 5.93. The lowest BCUT2D eigenvalue weighted by Crippen LogP contribution is -2.37. The van der Waals surface area contributed by atoms with Crippen LogP contribution in [0.4, 0.5) is 0 Å². The van der Waals surface area contributed by atoms with Gasteiger partial charge in [-0.3, -0.25) is 4.79 Å². The lowest BCUT2D eigenvalue weighted by molar-refractivity contribution is 0.0672. The summed E-state index contributed by atoms with van der Waals surface area (Å²) in [5, 5.41) is 12.0. The molecule has 1 aliphatic heterocycles. The summed E-state index contributed by atoms with van der Waals surface area (Å²) in [5.41, 5.74) is 2.58. The Balaban J connectivity index is 0.00000225. The van der Waals surface area contributed by atoms with E-state index in [4.69, 9.17) is 0 Å². The Kier molecular flexibility index (Phi) is 7.08. The molecule has 4 rings (SSSR count). The SMILES string of the molecule is Cc1c(C(=O)N(Cc2ccccc2)CC2CCC2)nnn1C1CCNCC1.Cl. The van der Waals surface area contributed by atoms with Gasteiger partial charge >= 0.3 is 0 Å². The first-order valence-corrected chi connectivity index (χ1v) is 10.2. The van der Waals surface area contributed by atoms with Crippen LogP contribution >= 0.6 is 12.4 Å². The number of nitrogens with zero attached hydrogens (tertiary/aromatic N) is 4. The molecule has 0 radical (unpaired) electrons. The maximum atomic E-state index is 13.3. The molecule has 1 aromatic carbocycles. The number of rotatable bonds is 6. The molecule has 6 nitrogen and oxygen atoms in total. The van der Waals surface area contributed by atoms with E-state index in [2.05, 4.69) is 27.8 Å². The predicted octanol–water partition coefficient (Wildman–Crippen LogP) is 3.38. The van der Waals surface area contributed by atoms with E-state index in [1.54, 1.807) is 0 Å². The summed E-state index contributed by atoms with van der Waals surface area (Å²) in [4.78, 5) is 15.3. The topological polar surface area (TPSA) is 63.1 Å². The third kappa shape index (κ3) is 4.55. The van der Waals surface area contributed by atoms with E-state index >= 15 is 0 Å². The van der Waals surface area contributed by atoms with Gasteiger partial charge in [0.1, 0.15) is 0 Å². The van der Waals surface area contributed by atoms with Crippen molar-refractivity contribution in [2.24, 2.45) is 5.92 Å². The summed E-state index contributed by atoms with van der Waals surface area (Å²) >= 11 is 0. The van der Waals surface area contributed by atoms with Gasteiger partial charge in [-0.15, -0.1) is 17.5 Å². The van der Waals surface area contributed by atoms with Crippen LogP contribution in [-0.2, 0) is 6.54 Å². The Morgan fingerprint density at radius 3 is 2.54 bits per heavy atom. The molecule has 28 heavy (non-hydrogen) atoms. The van der Waals surface area contributed by atoms with Crippen molar-refractivity contribution in [2.45, 2.75) is 51.6 Å². The van der Waals surface area contributed by atoms with E-state index in [0.29, 0.717) is 24.2 Å². The second-order valence-electron chi connectivity index (χ2n) is 7.92. The number of hydrogen-bond acceptors (Lipinski definition) is 4. The molecule has 2 fully saturated rings. The van der Waals surface area contributed by atoms with E-state index < -0.39 is 0 Å². The molecule has 1 aliphatic carbocycles. The van der Waals surface area contributed by atoms with Crippen LogP contribution < -0.4 is 5.32 Å². The van der Waals surface area contributed by atoms with E-state index in [1.165, 1.54) is 19.3 Å². The number of halogens is 1. The number of carbonyl (C=O) groups excluding carboxylic acids is 1. The van der Waals surface area contributed by atoms with Gasteiger partial charge < -0.3 is 10.2 Å². The Morgan fingerprint density at radius 2 is 1.89 bits per heavy atom. The first kappa shape index (κ1) is 20.8. The standard InChI is InChI=1S/C21H29N5O.ClH/c1-16-20(23-24-26(16)19-10-12-22-13-11-19)21(27)25(15-18-8-5-9-18)14-17-6-3-2-4-7-17;/h2-4,6-7,18-19,22H,5,8-15H2,1H3;1H. The van der Waals surface area contributed by atoms with Crippen LogP contribution in [0, 0.1) is 12.8 Å². The van der Waals surface area contributed by atoms with Crippen LogP contribution in [0.3, 0.4) is 0 Å². The Bertz CT molecular complexity index is 768. The third-order valence-electron chi connectivity index (χ3n) is 5.99. The minimum atomic E-state index is 0. The lowest BCUT2D eigenvalue weighted by Gasteiger charge is -2.32. The fraction of sp³-hybridized carbons (Fsp3) is 0.571. The maximum Gasteiger partial charge on any atom is 0.276 e. The minimum Gasteiger partial charge on any atom is -0.333 e. The van der Waals surface area contributed by atoms with Gasteiger partial charge in [0.25, 0.3) is 5.91 Å². The molecule has 1 amide bonds. The number of amides is 1. The highest BCUT2D eigenvalue weighted by Gasteiger charge is 2.29. The minimum absolute atomic E-state index is 0. The second kappa shape index (κ2) is 9.52. The molecule has 1 saturated carbocycles. The summed E-state index contributed by atoms with van der Waals surface area (Å²) in [6, 6.07) is 10.6. The van der Waals surface area contributed by atoms with Crippen LogP contribution in [0.5, 0.6) is 0 Å². The Morgan fingerprint density at radius 1 is 1.18 bits per heavy atom. The largest absolute Gasteiger partial charge is 0.333 e. The molecular formula is C21H30ClN5O. The molecule has 2 aromatic rings. The van der Waals surface area contributed by atoms with Gasteiger partial charge in [-0.25, -0.2) is 4.68 Å². The zero-order chi connectivity index (χ0) is 18.6. The molecule has 0 unspecified atom stereocenters. The van der Waals surface area contributed by atoms with E-state index in [9.17, 15) is 4.79 Å². The van der Waals surface area contributed by atoms with Crippen LogP contribution in [-0.4, -0.2) is 45.4 Å². The average Bonchev–Trinajstić information content (AvgIpc) is 3.06. The van der Waals surface area contributed by atoms with Crippen molar-refractivity contribution in [1.29, 1.82) is 0 Å². The molecule has 1 N–H and O–H groups in total. The lowest BCUT2D eigenvalue weighted by atomic mass is 9.85. The number of hydrogen-bond donors (Lipinski definition) is 1. The van der Waals surface area contributed by atoms with Gasteiger partial charge in [0.2, 0.25) is 0 Å². The monoisotopic (exact) mass is 403 g/mol. The maximum absolute atomic E-state index is 13.3. The zero-order valence-corrected chi connectivity index (χ0v) is 17.3. The van der Waals surface area contributed by atoms with Crippen molar-refractivity contribution in [3.63, 3.8) is 0 Å². The molecule has 152 valence electrons. The molecule has 0 spiro atoms. The molecule has 7 heteroatoms. The highest BCUT2D eigenvalue weighted by atomic mass is 35.5. The summed E-state index contributed by atoms with van der Waals surface area (Å²) in [6.07, 6.45) is 5.79. The number of benzene rings is 1. The van der Waals surface area contributed by atoms with Gasteiger partial charge in [-0.2, -0.15) is 0 Å². The number of aromatic nitrogens is 3. The van der Waals surface area contributed by atoms with Gasteiger partial charge in [0.15, 0.2) is 5.69 Å². The van der Waals surface area contributed by atoms with E-state index in [1.807, 2.05) is 34.7 Å². The Labute approximate surface area is 173 Å². The van der Waals surface area contributed by atoms with Crippen LogP contribution in [0.25, 0.3) is 0 Å². The Hall–Kier alpha value is -1.92. The summed E-state index contributed by atoms with van der Waals surface area (Å²) in [5.74, 6) is 0.640. The average molecular weight is 404 g/mol. The molecular weight excluding hydrogens is 374 g/mol. The van der Waals surface area contributed by atoms with Crippen LogP contribution in [0.15, 0.2) is 30.3 Å². The number of carbonyl (C=O) groups is 1. The fourth-order valence-corrected chi connectivity index (χ4v) is 4.10.